The fourth-order valence-electron chi connectivity index (χ4n) is 4.20. The Morgan fingerprint density at radius 2 is 1.83 bits per heavy atom. The number of hydrogen-bond donors (Lipinski definition) is 3. The molecule has 1 saturated carbocycles. The van der Waals surface area contributed by atoms with Gasteiger partial charge in [-0.1, -0.05) is 23.2 Å². The van der Waals surface area contributed by atoms with Crippen molar-refractivity contribution in [2.24, 2.45) is 11.7 Å². The third-order valence-corrected chi connectivity index (χ3v) is 6.56. The van der Waals surface area contributed by atoms with Gasteiger partial charge in [-0.3, -0.25) is 4.90 Å². The van der Waals surface area contributed by atoms with Crippen molar-refractivity contribution in [2.75, 3.05) is 49.5 Å². The molecule has 1 saturated heterocycles. The molecule has 2 fully saturated rings. The van der Waals surface area contributed by atoms with Crippen molar-refractivity contribution in [2.45, 2.75) is 45.1 Å². The van der Waals surface area contributed by atoms with Crippen LogP contribution in [-0.4, -0.2) is 66.2 Å². The molecule has 162 valence electrons. The first kappa shape index (κ1) is 22.2. The predicted octanol–water partition coefficient (Wildman–Crippen LogP) is 2.95. The molecule has 10 heteroatoms. The summed E-state index contributed by atoms with van der Waals surface area (Å²) in [5.74, 6) is 1.96. The van der Waals surface area contributed by atoms with Crippen LogP contribution in [0.15, 0.2) is 0 Å². The maximum atomic E-state index is 11.0. The maximum absolute atomic E-state index is 11.0. The molecule has 0 radical (unpaired) electrons. The lowest BCUT2D eigenvalue weighted by Gasteiger charge is -2.37. The lowest BCUT2D eigenvalue weighted by atomic mass is 9.84. The van der Waals surface area contributed by atoms with Crippen LogP contribution in [0.5, 0.6) is 0 Å². The molecule has 1 aromatic heterocycles. The molecule has 2 heterocycles. The molecule has 0 aromatic carbocycles. The number of piperazine rings is 1. The van der Waals surface area contributed by atoms with Gasteiger partial charge in [0, 0.05) is 38.8 Å². The van der Waals surface area contributed by atoms with Gasteiger partial charge in [-0.2, -0.15) is 9.97 Å². The zero-order chi connectivity index (χ0) is 20.8. The van der Waals surface area contributed by atoms with E-state index < -0.39 is 6.03 Å². The average Bonchev–Trinajstić information content (AvgIpc) is 2.70. The standard InChI is InChI=1S/C19H31Cl2N7O/c1-2-23-19-25-16(21)15(20)17(26-19)28-11-9-27(10-12-28)8-7-13-3-5-14(6-4-13)24-18(22)29/h13-14H,2-12H2,1H3,(H3,22,24,29)(H,23,25,26)/t13-,14-. The Morgan fingerprint density at radius 3 is 2.45 bits per heavy atom. The van der Waals surface area contributed by atoms with E-state index in [4.69, 9.17) is 28.9 Å². The number of carbonyl (C=O) groups is 1. The van der Waals surface area contributed by atoms with Crippen molar-refractivity contribution in [3.8, 4) is 0 Å². The molecule has 3 rings (SSSR count). The van der Waals surface area contributed by atoms with E-state index in [0.29, 0.717) is 16.8 Å². The maximum Gasteiger partial charge on any atom is 0.312 e. The van der Waals surface area contributed by atoms with Crippen molar-refractivity contribution in [1.29, 1.82) is 0 Å². The largest absolute Gasteiger partial charge is 0.354 e. The number of nitrogens with two attached hydrogens (primary N) is 1. The van der Waals surface area contributed by atoms with Crippen molar-refractivity contribution in [3.05, 3.63) is 10.2 Å². The molecule has 2 aliphatic rings. The number of aromatic nitrogens is 2. The quantitative estimate of drug-likeness (QED) is 0.560. The van der Waals surface area contributed by atoms with Crippen LogP contribution in [0.4, 0.5) is 16.6 Å². The van der Waals surface area contributed by atoms with E-state index in [-0.39, 0.29) is 11.2 Å². The van der Waals surface area contributed by atoms with Crippen LogP contribution >= 0.6 is 23.2 Å². The molecular formula is C19H31Cl2N7O. The number of amides is 2. The van der Waals surface area contributed by atoms with Gasteiger partial charge in [0.15, 0.2) is 11.0 Å². The summed E-state index contributed by atoms with van der Waals surface area (Å²) >= 11 is 12.6. The Labute approximate surface area is 182 Å². The van der Waals surface area contributed by atoms with Crippen LogP contribution in [0.25, 0.3) is 0 Å². The minimum absolute atomic E-state index is 0.254. The highest BCUT2D eigenvalue weighted by molar-refractivity contribution is 6.42. The highest BCUT2D eigenvalue weighted by Gasteiger charge is 2.25. The van der Waals surface area contributed by atoms with E-state index in [0.717, 1.165) is 70.9 Å². The third kappa shape index (κ3) is 6.23. The number of urea groups is 1. The van der Waals surface area contributed by atoms with Gasteiger partial charge in [0.25, 0.3) is 0 Å². The summed E-state index contributed by atoms with van der Waals surface area (Å²) in [4.78, 5) is 24.4. The highest BCUT2D eigenvalue weighted by atomic mass is 35.5. The fourth-order valence-corrected chi connectivity index (χ4v) is 4.57. The average molecular weight is 444 g/mol. The number of hydrogen-bond acceptors (Lipinski definition) is 6. The molecule has 0 atom stereocenters. The molecule has 29 heavy (non-hydrogen) atoms. The van der Waals surface area contributed by atoms with Crippen molar-refractivity contribution < 1.29 is 4.79 Å². The van der Waals surface area contributed by atoms with Crippen LogP contribution in [0.2, 0.25) is 10.2 Å². The summed E-state index contributed by atoms with van der Waals surface area (Å²) in [7, 11) is 0. The second-order valence-electron chi connectivity index (χ2n) is 7.85. The van der Waals surface area contributed by atoms with E-state index in [2.05, 4.69) is 30.4 Å². The summed E-state index contributed by atoms with van der Waals surface area (Å²) in [6.45, 7) is 7.52. The minimum atomic E-state index is -0.408. The summed E-state index contributed by atoms with van der Waals surface area (Å²) in [5, 5.41) is 6.65. The lowest BCUT2D eigenvalue weighted by molar-refractivity contribution is 0.207. The van der Waals surface area contributed by atoms with Crippen LogP contribution in [-0.2, 0) is 0 Å². The van der Waals surface area contributed by atoms with E-state index in [9.17, 15) is 4.79 Å². The van der Waals surface area contributed by atoms with E-state index in [1.165, 1.54) is 6.42 Å². The summed E-state index contributed by atoms with van der Waals surface area (Å²) in [6.07, 6.45) is 5.58. The van der Waals surface area contributed by atoms with Crippen molar-refractivity contribution in [3.63, 3.8) is 0 Å². The summed E-state index contributed by atoms with van der Waals surface area (Å²) in [6, 6.07) is -0.155. The Kier molecular flexibility index (Phi) is 8.03. The Morgan fingerprint density at radius 1 is 1.14 bits per heavy atom. The molecule has 1 aliphatic heterocycles. The first-order chi connectivity index (χ1) is 14.0. The van der Waals surface area contributed by atoms with Crippen LogP contribution in [0.3, 0.4) is 0 Å². The third-order valence-electron chi connectivity index (χ3n) is 5.85. The first-order valence-corrected chi connectivity index (χ1v) is 11.2. The highest BCUT2D eigenvalue weighted by Crippen LogP contribution is 2.32. The fraction of sp³-hybridized carbons (Fsp3) is 0.737. The van der Waals surface area contributed by atoms with Gasteiger partial charge in [-0.25, -0.2) is 4.79 Å². The Bertz CT molecular complexity index is 689. The second kappa shape index (κ2) is 10.5. The summed E-state index contributed by atoms with van der Waals surface area (Å²) < 4.78 is 0. The smallest absolute Gasteiger partial charge is 0.312 e. The van der Waals surface area contributed by atoms with E-state index in [1.54, 1.807) is 0 Å². The molecule has 0 spiro atoms. The van der Waals surface area contributed by atoms with Gasteiger partial charge in [-0.05, 0) is 51.5 Å². The first-order valence-electron chi connectivity index (χ1n) is 10.5. The molecule has 1 aromatic rings. The van der Waals surface area contributed by atoms with Gasteiger partial charge >= 0.3 is 6.03 Å². The second-order valence-corrected chi connectivity index (χ2v) is 8.59. The molecule has 0 bridgehead atoms. The number of nitrogens with one attached hydrogen (secondary N) is 2. The monoisotopic (exact) mass is 443 g/mol. The topological polar surface area (TPSA) is 99.4 Å². The Balaban J connectivity index is 1.44. The SMILES string of the molecule is CCNc1nc(Cl)c(Cl)c(N2CCN(CC[C@H]3CC[C@H](NC(N)=O)CC3)CC2)n1. The van der Waals surface area contributed by atoms with Gasteiger partial charge in [0.1, 0.15) is 5.02 Å². The van der Waals surface area contributed by atoms with Gasteiger partial charge in [-0.15, -0.1) is 0 Å². The van der Waals surface area contributed by atoms with Gasteiger partial charge in [0.05, 0.1) is 0 Å². The normalized spacial score (nSPS) is 23.1. The molecular weight excluding hydrogens is 413 g/mol. The number of carbonyl (C=O) groups excluding carboxylic acids is 1. The lowest BCUT2D eigenvalue weighted by Crippen LogP contribution is -2.47. The van der Waals surface area contributed by atoms with Crippen LogP contribution in [0, 0.1) is 5.92 Å². The molecule has 2 amide bonds. The molecule has 4 N–H and O–H groups in total. The number of primary amides is 1. The number of rotatable bonds is 7. The Hall–Kier alpha value is -1.51. The van der Waals surface area contributed by atoms with E-state index >= 15 is 0 Å². The number of nitrogens with zero attached hydrogens (tertiary/aromatic N) is 4. The zero-order valence-corrected chi connectivity index (χ0v) is 18.5. The van der Waals surface area contributed by atoms with Crippen LogP contribution in [0.1, 0.15) is 39.0 Å². The molecule has 1 aliphatic carbocycles. The van der Waals surface area contributed by atoms with Crippen molar-refractivity contribution in [1.82, 2.24) is 20.2 Å². The minimum Gasteiger partial charge on any atom is -0.354 e. The molecule has 8 nitrogen and oxygen atoms in total. The number of halogens is 2. The zero-order valence-electron chi connectivity index (χ0n) is 17.0. The van der Waals surface area contributed by atoms with Gasteiger partial charge < -0.3 is 21.3 Å². The van der Waals surface area contributed by atoms with Crippen molar-refractivity contribution >= 4 is 41.0 Å². The summed E-state index contributed by atoms with van der Waals surface area (Å²) in [5.41, 5.74) is 5.22. The van der Waals surface area contributed by atoms with E-state index in [1.807, 2.05) is 6.92 Å². The van der Waals surface area contributed by atoms with Gasteiger partial charge in [0.2, 0.25) is 5.95 Å². The van der Waals surface area contributed by atoms with Crippen LogP contribution < -0.4 is 21.3 Å². The number of anilines is 2. The predicted molar refractivity (Wildman–Crippen MR) is 118 cm³/mol. The molecule has 0 unspecified atom stereocenters.